The van der Waals surface area contributed by atoms with Crippen molar-refractivity contribution in [2.24, 2.45) is 0 Å². The Labute approximate surface area is 151 Å². The first kappa shape index (κ1) is 17.8. The molecule has 0 heterocycles. The molecule has 3 aromatic rings. The molecule has 0 saturated carbocycles. The first-order valence-electron chi connectivity index (χ1n) is 8.52. The highest BCUT2D eigenvalue weighted by molar-refractivity contribution is 6.05. The van der Waals surface area contributed by atoms with Gasteiger partial charge in [-0.25, -0.2) is 8.78 Å². The normalized spacial score (nSPS) is 10.5. The Balaban J connectivity index is 1.68. The molecule has 1 N–H and O–H groups in total. The Morgan fingerprint density at radius 3 is 2.35 bits per heavy atom. The molecule has 4 heteroatoms. The topological polar surface area (TPSA) is 29.1 Å². The molecule has 1 amide bonds. The first-order chi connectivity index (χ1) is 12.6. The average Bonchev–Trinajstić information content (AvgIpc) is 2.65. The number of hydrogen-bond donors (Lipinski definition) is 1. The van der Waals surface area contributed by atoms with Crippen LogP contribution in [0.2, 0.25) is 0 Å². The maximum atomic E-state index is 13.8. The van der Waals surface area contributed by atoms with Crippen molar-refractivity contribution in [1.82, 2.24) is 0 Å². The van der Waals surface area contributed by atoms with Gasteiger partial charge in [0, 0.05) is 11.6 Å². The van der Waals surface area contributed by atoms with Gasteiger partial charge in [0.15, 0.2) is 0 Å². The molecular weight excluding hydrogens is 332 g/mol. The Hall–Kier alpha value is -3.01. The second-order valence-electron chi connectivity index (χ2n) is 6.07. The number of halogens is 2. The predicted molar refractivity (Wildman–Crippen MR) is 99.2 cm³/mol. The number of benzene rings is 3. The first-order valence-corrected chi connectivity index (χ1v) is 8.52. The van der Waals surface area contributed by atoms with Crippen LogP contribution in [0.15, 0.2) is 72.8 Å². The van der Waals surface area contributed by atoms with Crippen LogP contribution in [0.5, 0.6) is 0 Å². The molecule has 0 aliphatic heterocycles. The van der Waals surface area contributed by atoms with Gasteiger partial charge in [0.05, 0.1) is 5.69 Å². The van der Waals surface area contributed by atoms with E-state index in [1.807, 2.05) is 30.3 Å². The fourth-order valence-electron chi connectivity index (χ4n) is 2.87. The predicted octanol–water partition coefficient (Wildman–Crippen LogP) is 5.39. The van der Waals surface area contributed by atoms with Gasteiger partial charge in [0.25, 0.3) is 5.91 Å². The van der Waals surface area contributed by atoms with Gasteiger partial charge in [-0.3, -0.25) is 4.79 Å². The lowest BCUT2D eigenvalue weighted by Gasteiger charge is -2.11. The summed E-state index contributed by atoms with van der Waals surface area (Å²) in [5.74, 6) is -1.87. The lowest BCUT2D eigenvalue weighted by atomic mass is 9.99. The van der Waals surface area contributed by atoms with E-state index in [4.69, 9.17) is 0 Å². The van der Waals surface area contributed by atoms with E-state index < -0.39 is 17.5 Å². The molecule has 3 rings (SSSR count). The molecule has 2 nitrogen and oxygen atoms in total. The third-order valence-electron chi connectivity index (χ3n) is 4.20. The van der Waals surface area contributed by atoms with Crippen molar-refractivity contribution in [2.75, 3.05) is 5.32 Å². The molecule has 0 saturated heterocycles. The van der Waals surface area contributed by atoms with Gasteiger partial charge in [-0.2, -0.15) is 0 Å². The van der Waals surface area contributed by atoms with Crippen LogP contribution < -0.4 is 5.32 Å². The minimum atomic E-state index is -0.792. The zero-order chi connectivity index (χ0) is 18.4. The van der Waals surface area contributed by atoms with E-state index in [0.717, 1.165) is 37.0 Å². The molecule has 26 heavy (non-hydrogen) atoms. The highest BCUT2D eigenvalue weighted by Gasteiger charge is 2.13. The molecule has 0 aliphatic carbocycles. The van der Waals surface area contributed by atoms with Crippen LogP contribution >= 0.6 is 0 Å². The zero-order valence-corrected chi connectivity index (χ0v) is 14.2. The van der Waals surface area contributed by atoms with Gasteiger partial charge in [0.1, 0.15) is 11.6 Å². The van der Waals surface area contributed by atoms with Crippen molar-refractivity contribution in [3.8, 4) is 0 Å². The Bertz CT molecular complexity index is 894. The van der Waals surface area contributed by atoms with Gasteiger partial charge in [-0.15, -0.1) is 0 Å². The third-order valence-corrected chi connectivity index (χ3v) is 4.20. The highest BCUT2D eigenvalue weighted by Crippen LogP contribution is 2.18. The maximum Gasteiger partial charge on any atom is 0.256 e. The SMILES string of the molecule is O=C(Nc1ccc(F)cc1F)c1ccccc1CCCc1ccccc1. The largest absolute Gasteiger partial charge is 0.319 e. The summed E-state index contributed by atoms with van der Waals surface area (Å²) in [6.07, 6.45) is 2.56. The fourth-order valence-corrected chi connectivity index (χ4v) is 2.87. The van der Waals surface area contributed by atoms with Gasteiger partial charge >= 0.3 is 0 Å². The van der Waals surface area contributed by atoms with Crippen LogP contribution in [-0.2, 0) is 12.8 Å². The smallest absolute Gasteiger partial charge is 0.256 e. The molecular formula is C22H19F2NO. The van der Waals surface area contributed by atoms with Crippen molar-refractivity contribution in [3.63, 3.8) is 0 Å². The summed E-state index contributed by atoms with van der Waals surface area (Å²) in [6, 6.07) is 20.5. The number of carbonyl (C=O) groups is 1. The standard InChI is InChI=1S/C22H19F2NO/c23-18-13-14-21(20(24)15-18)25-22(26)19-12-5-4-10-17(19)11-6-9-16-7-2-1-3-8-16/h1-5,7-8,10,12-15H,6,9,11H2,(H,25,26). The van der Waals surface area contributed by atoms with E-state index in [2.05, 4.69) is 17.4 Å². The molecule has 0 aromatic heterocycles. The van der Waals surface area contributed by atoms with Crippen molar-refractivity contribution < 1.29 is 13.6 Å². The third kappa shape index (κ3) is 4.54. The van der Waals surface area contributed by atoms with Gasteiger partial charge < -0.3 is 5.32 Å². The summed E-state index contributed by atoms with van der Waals surface area (Å²) in [7, 11) is 0. The summed E-state index contributed by atoms with van der Waals surface area (Å²) in [4.78, 5) is 12.5. The van der Waals surface area contributed by atoms with E-state index in [-0.39, 0.29) is 5.69 Å². The second-order valence-corrected chi connectivity index (χ2v) is 6.07. The van der Waals surface area contributed by atoms with Crippen LogP contribution in [0, 0.1) is 11.6 Å². The molecule has 132 valence electrons. The van der Waals surface area contributed by atoms with Gasteiger partial charge in [-0.05, 0) is 48.6 Å². The summed E-state index contributed by atoms with van der Waals surface area (Å²) in [5.41, 5.74) is 2.63. The van der Waals surface area contributed by atoms with Crippen LogP contribution in [0.25, 0.3) is 0 Å². The van der Waals surface area contributed by atoms with E-state index in [1.165, 1.54) is 11.6 Å². The van der Waals surface area contributed by atoms with Crippen molar-refractivity contribution in [2.45, 2.75) is 19.3 Å². The number of aryl methyl sites for hydroxylation is 2. The van der Waals surface area contributed by atoms with Crippen molar-refractivity contribution in [1.29, 1.82) is 0 Å². The number of rotatable bonds is 6. The van der Waals surface area contributed by atoms with E-state index in [1.54, 1.807) is 12.1 Å². The highest BCUT2D eigenvalue weighted by atomic mass is 19.1. The van der Waals surface area contributed by atoms with Crippen LogP contribution in [0.3, 0.4) is 0 Å². The second kappa shape index (κ2) is 8.39. The molecule has 0 atom stereocenters. The van der Waals surface area contributed by atoms with Crippen LogP contribution in [-0.4, -0.2) is 5.91 Å². The van der Waals surface area contributed by atoms with Crippen LogP contribution in [0.4, 0.5) is 14.5 Å². The van der Waals surface area contributed by atoms with E-state index in [0.29, 0.717) is 5.56 Å². The maximum absolute atomic E-state index is 13.8. The summed E-state index contributed by atoms with van der Waals surface area (Å²) >= 11 is 0. The van der Waals surface area contributed by atoms with E-state index in [9.17, 15) is 13.6 Å². The molecule has 0 spiro atoms. The number of nitrogens with one attached hydrogen (secondary N) is 1. The summed E-state index contributed by atoms with van der Waals surface area (Å²) in [5, 5.41) is 2.52. The Kier molecular flexibility index (Phi) is 5.74. The summed E-state index contributed by atoms with van der Waals surface area (Å²) < 4.78 is 26.8. The van der Waals surface area contributed by atoms with Crippen molar-refractivity contribution in [3.05, 3.63) is 101 Å². The number of carbonyl (C=O) groups excluding carboxylic acids is 1. The van der Waals surface area contributed by atoms with Crippen LogP contribution in [0.1, 0.15) is 27.9 Å². The number of anilines is 1. The Morgan fingerprint density at radius 1 is 0.846 bits per heavy atom. The average molecular weight is 351 g/mol. The lowest BCUT2D eigenvalue weighted by Crippen LogP contribution is -2.15. The van der Waals surface area contributed by atoms with Crippen molar-refractivity contribution >= 4 is 11.6 Å². The molecule has 0 aliphatic rings. The molecule has 0 radical (unpaired) electrons. The minimum Gasteiger partial charge on any atom is -0.319 e. The quantitative estimate of drug-likeness (QED) is 0.634. The number of amides is 1. The fraction of sp³-hybridized carbons (Fsp3) is 0.136. The molecule has 0 bridgehead atoms. The monoisotopic (exact) mass is 351 g/mol. The molecule has 3 aromatic carbocycles. The zero-order valence-electron chi connectivity index (χ0n) is 14.2. The van der Waals surface area contributed by atoms with Gasteiger partial charge in [0.2, 0.25) is 0 Å². The molecule has 0 fully saturated rings. The summed E-state index contributed by atoms with van der Waals surface area (Å²) in [6.45, 7) is 0. The molecule has 0 unspecified atom stereocenters. The number of hydrogen-bond acceptors (Lipinski definition) is 1. The Morgan fingerprint density at radius 2 is 1.58 bits per heavy atom. The lowest BCUT2D eigenvalue weighted by molar-refractivity contribution is 0.102. The minimum absolute atomic E-state index is 0.0320. The van der Waals surface area contributed by atoms with E-state index >= 15 is 0 Å². The van der Waals surface area contributed by atoms with Gasteiger partial charge in [-0.1, -0.05) is 48.5 Å².